The van der Waals surface area contributed by atoms with Gasteiger partial charge in [0.2, 0.25) is 0 Å². The van der Waals surface area contributed by atoms with E-state index in [1.165, 1.54) is 0 Å². The molecule has 0 bridgehead atoms. The Morgan fingerprint density at radius 3 is 2.19 bits per heavy atom. The van der Waals surface area contributed by atoms with E-state index in [-0.39, 0.29) is 5.69 Å². The number of anilines is 1. The number of alkyl halides is 3. The number of amides is 1. The lowest BCUT2D eigenvalue weighted by Gasteiger charge is -2.20. The second kappa shape index (κ2) is 5.63. The Bertz CT molecular complexity index is 562. The van der Waals surface area contributed by atoms with Crippen molar-refractivity contribution in [2.75, 3.05) is 5.32 Å². The molecule has 116 valence electrons. The van der Waals surface area contributed by atoms with Gasteiger partial charge in [-0.25, -0.2) is 9.59 Å². The molecule has 2 N–H and O–H groups in total. The molecule has 1 aromatic carbocycles. The van der Waals surface area contributed by atoms with Gasteiger partial charge in [0.1, 0.15) is 5.60 Å². The molecule has 0 aliphatic carbocycles. The number of ether oxygens (including phenoxy) is 1. The number of nitrogens with one attached hydrogen (secondary N) is 1. The first-order chi connectivity index (χ1) is 9.40. The molecule has 21 heavy (non-hydrogen) atoms. The third-order valence-electron chi connectivity index (χ3n) is 2.21. The average molecular weight is 305 g/mol. The zero-order valence-electron chi connectivity index (χ0n) is 11.5. The molecule has 1 rings (SSSR count). The number of carbonyl (C=O) groups excluding carboxylic acids is 1. The van der Waals surface area contributed by atoms with Crippen molar-refractivity contribution < 1.29 is 32.6 Å². The fourth-order valence-corrected chi connectivity index (χ4v) is 1.42. The minimum Gasteiger partial charge on any atom is -0.478 e. The van der Waals surface area contributed by atoms with Crippen LogP contribution >= 0.6 is 0 Å². The van der Waals surface area contributed by atoms with Crippen molar-refractivity contribution in [3.8, 4) is 0 Å². The Balaban J connectivity index is 3.08. The number of hydrogen-bond donors (Lipinski definition) is 2. The highest BCUT2D eigenvalue weighted by atomic mass is 19.4. The zero-order valence-corrected chi connectivity index (χ0v) is 11.5. The maximum Gasteiger partial charge on any atom is 0.416 e. The monoisotopic (exact) mass is 305 g/mol. The van der Waals surface area contributed by atoms with Crippen molar-refractivity contribution in [1.29, 1.82) is 0 Å². The summed E-state index contributed by atoms with van der Waals surface area (Å²) < 4.78 is 42.5. The number of halogens is 3. The Morgan fingerprint density at radius 2 is 1.76 bits per heavy atom. The fourth-order valence-electron chi connectivity index (χ4n) is 1.42. The number of hydrogen-bond acceptors (Lipinski definition) is 3. The molecule has 0 atom stereocenters. The molecule has 8 heteroatoms. The summed E-state index contributed by atoms with van der Waals surface area (Å²) in [5, 5.41) is 11.1. The standard InChI is InChI=1S/C13H14F3NO4/c1-12(2,3)21-11(20)17-9-5-4-7(13(14,15)16)6-8(9)10(18)19/h4-6H,1-3H3,(H,17,20)(H,18,19). The molecule has 0 unspecified atom stereocenters. The molecule has 0 heterocycles. The van der Waals surface area contributed by atoms with E-state index in [4.69, 9.17) is 9.84 Å². The number of aromatic carboxylic acids is 1. The van der Waals surface area contributed by atoms with E-state index in [9.17, 15) is 22.8 Å². The third kappa shape index (κ3) is 4.97. The number of carboxylic acid groups (broad SMARTS) is 1. The lowest BCUT2D eigenvalue weighted by molar-refractivity contribution is -0.137. The van der Waals surface area contributed by atoms with Gasteiger partial charge in [0.15, 0.2) is 0 Å². The molecule has 0 fully saturated rings. The van der Waals surface area contributed by atoms with Gasteiger partial charge in [-0.2, -0.15) is 13.2 Å². The largest absolute Gasteiger partial charge is 0.478 e. The van der Waals surface area contributed by atoms with Crippen LogP contribution in [0.3, 0.4) is 0 Å². The smallest absolute Gasteiger partial charge is 0.416 e. The molecule has 1 aromatic rings. The van der Waals surface area contributed by atoms with Gasteiger partial charge in [0, 0.05) is 0 Å². The topological polar surface area (TPSA) is 75.6 Å². The summed E-state index contributed by atoms with van der Waals surface area (Å²) in [6.45, 7) is 4.78. The zero-order chi connectivity index (χ0) is 16.4. The summed E-state index contributed by atoms with van der Waals surface area (Å²) >= 11 is 0. The normalized spacial score (nSPS) is 11.9. The van der Waals surface area contributed by atoms with Gasteiger partial charge in [0.25, 0.3) is 0 Å². The first kappa shape index (κ1) is 16.8. The minimum absolute atomic E-state index is 0.273. The molecular formula is C13H14F3NO4. The predicted molar refractivity (Wildman–Crippen MR) is 68.3 cm³/mol. The van der Waals surface area contributed by atoms with Crippen molar-refractivity contribution in [2.45, 2.75) is 32.5 Å². The van der Waals surface area contributed by atoms with Crippen LogP contribution in [-0.4, -0.2) is 22.8 Å². The fraction of sp³-hybridized carbons (Fsp3) is 0.385. The lowest BCUT2D eigenvalue weighted by Crippen LogP contribution is -2.27. The van der Waals surface area contributed by atoms with Gasteiger partial charge < -0.3 is 9.84 Å². The van der Waals surface area contributed by atoms with Crippen molar-refractivity contribution in [2.24, 2.45) is 0 Å². The van der Waals surface area contributed by atoms with Crippen molar-refractivity contribution in [3.63, 3.8) is 0 Å². The molecule has 0 aliphatic heterocycles. The quantitative estimate of drug-likeness (QED) is 0.872. The average Bonchev–Trinajstić information content (AvgIpc) is 2.24. The van der Waals surface area contributed by atoms with Crippen LogP contribution in [0.1, 0.15) is 36.7 Å². The van der Waals surface area contributed by atoms with Crippen molar-refractivity contribution in [1.82, 2.24) is 0 Å². The van der Waals surface area contributed by atoms with Crippen LogP contribution in [-0.2, 0) is 10.9 Å². The number of rotatable bonds is 2. The van der Waals surface area contributed by atoms with Crippen LogP contribution in [0.4, 0.5) is 23.7 Å². The highest BCUT2D eigenvalue weighted by molar-refractivity contribution is 5.99. The summed E-state index contributed by atoms with van der Waals surface area (Å²) in [5.74, 6) is -1.59. The van der Waals surface area contributed by atoms with E-state index >= 15 is 0 Å². The molecule has 0 aromatic heterocycles. The van der Waals surface area contributed by atoms with Gasteiger partial charge in [-0.3, -0.25) is 5.32 Å². The maximum absolute atomic E-state index is 12.5. The second-order valence-electron chi connectivity index (χ2n) is 5.19. The molecule has 0 radical (unpaired) electrons. The highest BCUT2D eigenvalue weighted by Crippen LogP contribution is 2.32. The SMILES string of the molecule is CC(C)(C)OC(=O)Nc1ccc(C(F)(F)F)cc1C(=O)O. The van der Waals surface area contributed by atoms with E-state index in [1.54, 1.807) is 20.8 Å². The summed E-state index contributed by atoms with van der Waals surface area (Å²) in [4.78, 5) is 22.5. The van der Waals surface area contributed by atoms with Crippen LogP contribution in [0, 0.1) is 0 Å². The summed E-state index contributed by atoms with van der Waals surface area (Å²) in [6, 6.07) is 2.00. The Morgan fingerprint density at radius 1 is 1.19 bits per heavy atom. The van der Waals surface area contributed by atoms with Crippen LogP contribution in [0.25, 0.3) is 0 Å². The first-order valence-corrected chi connectivity index (χ1v) is 5.85. The van der Waals surface area contributed by atoms with E-state index in [2.05, 4.69) is 5.32 Å². The molecule has 0 saturated heterocycles. The molecule has 0 saturated carbocycles. The second-order valence-corrected chi connectivity index (χ2v) is 5.19. The van der Waals surface area contributed by atoms with Crippen LogP contribution in [0.15, 0.2) is 18.2 Å². The minimum atomic E-state index is -4.67. The van der Waals surface area contributed by atoms with Crippen molar-refractivity contribution >= 4 is 17.7 Å². The Hall–Kier alpha value is -2.25. The number of carboxylic acids is 1. The number of benzene rings is 1. The highest BCUT2D eigenvalue weighted by Gasteiger charge is 2.32. The van der Waals surface area contributed by atoms with Crippen molar-refractivity contribution in [3.05, 3.63) is 29.3 Å². The van der Waals surface area contributed by atoms with Crippen LogP contribution < -0.4 is 5.32 Å². The molecule has 0 aliphatic rings. The summed E-state index contributed by atoms with van der Waals surface area (Å²) in [7, 11) is 0. The summed E-state index contributed by atoms with van der Waals surface area (Å²) in [6.07, 6.45) is -5.63. The van der Waals surface area contributed by atoms with E-state index in [1.807, 2.05) is 0 Å². The molecule has 1 amide bonds. The third-order valence-corrected chi connectivity index (χ3v) is 2.21. The maximum atomic E-state index is 12.5. The summed E-state index contributed by atoms with van der Waals surface area (Å²) in [5.41, 5.74) is -2.88. The lowest BCUT2D eigenvalue weighted by atomic mass is 10.1. The predicted octanol–water partition coefficient (Wildman–Crippen LogP) is 3.75. The Kier molecular flexibility index (Phi) is 4.50. The molecule has 0 spiro atoms. The van der Waals surface area contributed by atoms with Gasteiger partial charge >= 0.3 is 18.2 Å². The van der Waals surface area contributed by atoms with E-state index in [0.717, 1.165) is 6.07 Å². The van der Waals surface area contributed by atoms with Crippen LogP contribution in [0.5, 0.6) is 0 Å². The van der Waals surface area contributed by atoms with Gasteiger partial charge in [-0.15, -0.1) is 0 Å². The molecule has 5 nitrogen and oxygen atoms in total. The van der Waals surface area contributed by atoms with Gasteiger partial charge in [-0.1, -0.05) is 0 Å². The van der Waals surface area contributed by atoms with Gasteiger partial charge in [-0.05, 0) is 39.0 Å². The first-order valence-electron chi connectivity index (χ1n) is 5.85. The molecular weight excluding hydrogens is 291 g/mol. The van der Waals surface area contributed by atoms with E-state index < -0.39 is 35.0 Å². The van der Waals surface area contributed by atoms with Crippen LogP contribution in [0.2, 0.25) is 0 Å². The Labute approximate surface area is 118 Å². The van der Waals surface area contributed by atoms with E-state index in [0.29, 0.717) is 12.1 Å². The van der Waals surface area contributed by atoms with Gasteiger partial charge in [0.05, 0.1) is 16.8 Å². The number of carbonyl (C=O) groups is 2.